The van der Waals surface area contributed by atoms with Gasteiger partial charge in [-0.2, -0.15) is 0 Å². The number of hydrogen-bond acceptors (Lipinski definition) is 2. The normalized spacial score (nSPS) is 15.2. The molecule has 1 aromatic rings. The Morgan fingerprint density at radius 2 is 1.83 bits per heavy atom. The predicted octanol–water partition coefficient (Wildman–Crippen LogP) is 2.38. The lowest BCUT2D eigenvalue weighted by molar-refractivity contribution is 0.680. The largest absolute Gasteiger partial charge is 0.245 e. The average molecular weight is 295 g/mol. The topological polar surface area (TPSA) is 29.4 Å². The molecule has 0 saturated carbocycles. The van der Waals surface area contributed by atoms with Crippen LogP contribution in [0.3, 0.4) is 0 Å². The van der Waals surface area contributed by atoms with Gasteiger partial charge >= 0.3 is 0 Å². The second kappa shape index (κ2) is 3.74. The molecule has 0 aliphatic heterocycles. The Bertz CT molecular complexity index is 377. The van der Waals surface area contributed by atoms with Gasteiger partial charge in [-0.25, -0.2) is 8.57 Å². The van der Waals surface area contributed by atoms with Crippen molar-refractivity contribution in [1.29, 1.82) is 0 Å². The van der Waals surface area contributed by atoms with Gasteiger partial charge in [0.05, 0.1) is 9.73 Å². The highest BCUT2D eigenvalue weighted by Gasteiger charge is 2.02. The Labute approximate surface area is 86.7 Å². The van der Waals surface area contributed by atoms with E-state index in [0.717, 1.165) is 8.47 Å². The molecule has 1 aromatic carbocycles. The van der Waals surface area contributed by atoms with Gasteiger partial charge in [0.15, 0.2) is 0 Å². The first-order valence-corrected chi connectivity index (χ1v) is 6.42. The molecule has 0 heterocycles. The van der Waals surface area contributed by atoms with Crippen molar-refractivity contribution in [3.8, 4) is 0 Å². The lowest BCUT2D eigenvalue weighted by atomic mass is 10.4. The molecule has 0 fully saturated rings. The Kier molecular flexibility index (Phi) is 3.11. The van der Waals surface area contributed by atoms with Gasteiger partial charge in [0.1, 0.15) is 0 Å². The van der Waals surface area contributed by atoms with E-state index in [2.05, 4.69) is 27.0 Å². The van der Waals surface area contributed by atoms with Crippen molar-refractivity contribution in [1.82, 2.24) is 0 Å². The minimum atomic E-state index is -2.14. The van der Waals surface area contributed by atoms with Crippen molar-refractivity contribution < 1.29 is 4.21 Å². The summed E-state index contributed by atoms with van der Waals surface area (Å²) in [5, 5.41) is 0. The molecule has 0 aliphatic rings. The van der Waals surface area contributed by atoms with Crippen LogP contribution in [0.4, 0.5) is 0 Å². The molecule has 0 aromatic heterocycles. The minimum Gasteiger partial charge on any atom is -0.245 e. The van der Waals surface area contributed by atoms with E-state index in [1.54, 1.807) is 13.3 Å². The molecule has 0 radical (unpaired) electrons. The highest BCUT2D eigenvalue weighted by molar-refractivity contribution is 14.1. The summed E-state index contributed by atoms with van der Waals surface area (Å²) in [5.41, 5.74) is 0. The second-order valence-electron chi connectivity index (χ2n) is 2.44. The fourth-order valence-electron chi connectivity index (χ4n) is 0.793. The zero-order chi connectivity index (χ0) is 9.19. The SMILES string of the molecule is CN=S(C)(=O)c1ccc(I)cc1. The van der Waals surface area contributed by atoms with Crippen LogP contribution in [0, 0.1) is 3.57 Å². The van der Waals surface area contributed by atoms with E-state index in [1.807, 2.05) is 24.3 Å². The van der Waals surface area contributed by atoms with E-state index in [1.165, 1.54) is 0 Å². The predicted molar refractivity (Wildman–Crippen MR) is 59.8 cm³/mol. The number of halogens is 1. The Balaban J connectivity index is 3.24. The molecule has 0 aliphatic carbocycles. The van der Waals surface area contributed by atoms with E-state index in [0.29, 0.717) is 0 Å². The van der Waals surface area contributed by atoms with Gasteiger partial charge in [-0.3, -0.25) is 0 Å². The van der Waals surface area contributed by atoms with E-state index >= 15 is 0 Å². The van der Waals surface area contributed by atoms with Crippen molar-refractivity contribution in [3.05, 3.63) is 27.8 Å². The van der Waals surface area contributed by atoms with Gasteiger partial charge in [-0.05, 0) is 46.9 Å². The number of hydrogen-bond donors (Lipinski definition) is 0. The summed E-state index contributed by atoms with van der Waals surface area (Å²) < 4.78 is 16.7. The Morgan fingerprint density at radius 3 is 2.25 bits per heavy atom. The van der Waals surface area contributed by atoms with Crippen molar-refractivity contribution in [2.24, 2.45) is 4.36 Å². The van der Waals surface area contributed by atoms with Gasteiger partial charge in [0.2, 0.25) is 0 Å². The number of nitrogens with zero attached hydrogens (tertiary/aromatic N) is 1. The van der Waals surface area contributed by atoms with Crippen LogP contribution in [-0.4, -0.2) is 17.5 Å². The Hall–Kier alpha value is -0.100. The fourth-order valence-corrected chi connectivity index (χ4v) is 2.00. The molecule has 0 saturated heterocycles. The number of benzene rings is 1. The summed E-state index contributed by atoms with van der Waals surface area (Å²) in [6.45, 7) is 0. The molecule has 4 heteroatoms. The summed E-state index contributed by atoms with van der Waals surface area (Å²) in [7, 11) is -0.560. The van der Waals surface area contributed by atoms with Crippen LogP contribution < -0.4 is 0 Å². The maximum Gasteiger partial charge on any atom is 0.0720 e. The van der Waals surface area contributed by atoms with E-state index in [9.17, 15) is 4.21 Å². The van der Waals surface area contributed by atoms with Crippen LogP contribution in [0.2, 0.25) is 0 Å². The highest BCUT2D eigenvalue weighted by Crippen LogP contribution is 2.13. The van der Waals surface area contributed by atoms with Crippen LogP contribution in [0.25, 0.3) is 0 Å². The summed E-state index contributed by atoms with van der Waals surface area (Å²) >= 11 is 2.21. The standard InChI is InChI=1S/C8H10INOS/c1-10-12(2,11)8-5-3-7(9)4-6-8/h3-6H,1-2H3. The van der Waals surface area contributed by atoms with E-state index < -0.39 is 9.73 Å². The smallest absolute Gasteiger partial charge is 0.0720 e. The molecule has 0 N–H and O–H groups in total. The first-order chi connectivity index (χ1) is 5.56. The molecule has 1 rings (SSSR count). The lowest BCUT2D eigenvalue weighted by Crippen LogP contribution is -1.96. The molecule has 12 heavy (non-hydrogen) atoms. The highest BCUT2D eigenvalue weighted by atomic mass is 127. The maximum absolute atomic E-state index is 11.7. The third kappa shape index (κ3) is 2.20. The monoisotopic (exact) mass is 295 g/mol. The van der Waals surface area contributed by atoms with Crippen LogP contribution in [0.15, 0.2) is 33.5 Å². The van der Waals surface area contributed by atoms with Crippen LogP contribution >= 0.6 is 22.6 Å². The molecule has 0 spiro atoms. The molecule has 66 valence electrons. The summed E-state index contributed by atoms with van der Waals surface area (Å²) in [4.78, 5) is 0.797. The maximum atomic E-state index is 11.7. The van der Waals surface area contributed by atoms with E-state index in [-0.39, 0.29) is 0 Å². The third-order valence-corrected chi connectivity index (χ3v) is 4.16. The first-order valence-electron chi connectivity index (χ1n) is 3.42. The molecular weight excluding hydrogens is 285 g/mol. The zero-order valence-corrected chi connectivity index (χ0v) is 9.93. The van der Waals surface area contributed by atoms with Crippen molar-refractivity contribution in [2.75, 3.05) is 13.3 Å². The summed E-state index contributed by atoms with van der Waals surface area (Å²) in [5.74, 6) is 0. The summed E-state index contributed by atoms with van der Waals surface area (Å²) in [6.07, 6.45) is 1.65. The van der Waals surface area contributed by atoms with Crippen molar-refractivity contribution in [3.63, 3.8) is 0 Å². The lowest BCUT2D eigenvalue weighted by Gasteiger charge is -2.01. The average Bonchev–Trinajstić information content (AvgIpc) is 2.05. The molecule has 1 unspecified atom stereocenters. The molecular formula is C8H10INOS. The van der Waals surface area contributed by atoms with E-state index in [4.69, 9.17) is 0 Å². The van der Waals surface area contributed by atoms with Gasteiger partial charge in [0, 0.05) is 21.8 Å². The minimum absolute atomic E-state index is 0.797. The zero-order valence-electron chi connectivity index (χ0n) is 6.95. The molecule has 0 amide bonds. The molecule has 2 nitrogen and oxygen atoms in total. The van der Waals surface area contributed by atoms with Crippen LogP contribution in [0.5, 0.6) is 0 Å². The van der Waals surface area contributed by atoms with Gasteiger partial charge in [-0.1, -0.05) is 0 Å². The second-order valence-corrected chi connectivity index (χ2v) is 6.13. The van der Waals surface area contributed by atoms with Crippen molar-refractivity contribution in [2.45, 2.75) is 4.90 Å². The Morgan fingerprint density at radius 1 is 1.33 bits per heavy atom. The quantitative estimate of drug-likeness (QED) is 0.731. The summed E-state index contributed by atoms with van der Waals surface area (Å²) in [6, 6.07) is 7.59. The van der Waals surface area contributed by atoms with Crippen LogP contribution in [0.1, 0.15) is 0 Å². The van der Waals surface area contributed by atoms with Gasteiger partial charge in [0.25, 0.3) is 0 Å². The first kappa shape index (κ1) is 9.98. The number of rotatable bonds is 1. The van der Waals surface area contributed by atoms with Gasteiger partial charge < -0.3 is 0 Å². The van der Waals surface area contributed by atoms with Gasteiger partial charge in [-0.15, -0.1) is 0 Å². The fraction of sp³-hybridized carbons (Fsp3) is 0.250. The third-order valence-electron chi connectivity index (χ3n) is 1.60. The molecule has 0 bridgehead atoms. The molecule has 1 atom stereocenters. The van der Waals surface area contributed by atoms with Crippen LogP contribution in [-0.2, 0) is 9.73 Å². The van der Waals surface area contributed by atoms with Crippen molar-refractivity contribution >= 4 is 32.3 Å².